The third-order valence-electron chi connectivity index (χ3n) is 3.90. The van der Waals surface area contributed by atoms with Crippen molar-refractivity contribution in [3.05, 3.63) is 36.1 Å². The van der Waals surface area contributed by atoms with Crippen molar-refractivity contribution in [2.24, 2.45) is 11.7 Å². The summed E-state index contributed by atoms with van der Waals surface area (Å²) in [5, 5.41) is 16.6. The van der Waals surface area contributed by atoms with Crippen LogP contribution in [0.25, 0.3) is 0 Å². The van der Waals surface area contributed by atoms with Crippen LogP contribution < -0.4 is 21.7 Å². The molecule has 0 aromatic rings. The summed E-state index contributed by atoms with van der Waals surface area (Å²) in [6.45, 7) is 7.23. The van der Waals surface area contributed by atoms with Gasteiger partial charge in [-0.2, -0.15) is 0 Å². The van der Waals surface area contributed by atoms with Crippen LogP contribution in [0.4, 0.5) is 0 Å². The SMILES string of the molecule is C=C(/C=C\C1=CNC(C=O)C1)C(=N)N.CNCC1CCNCC1. The zero-order valence-electron chi connectivity index (χ0n) is 13.9. The largest absolute Gasteiger partial charge is 0.384 e. The Morgan fingerprint density at radius 3 is 2.74 bits per heavy atom. The van der Waals surface area contributed by atoms with Crippen LogP contribution >= 0.6 is 0 Å². The molecular weight excluding hydrogens is 290 g/mol. The predicted molar refractivity (Wildman–Crippen MR) is 95.4 cm³/mol. The lowest BCUT2D eigenvalue weighted by Gasteiger charge is -2.21. The maximum atomic E-state index is 10.4. The van der Waals surface area contributed by atoms with Gasteiger partial charge in [-0.3, -0.25) is 5.41 Å². The van der Waals surface area contributed by atoms with E-state index < -0.39 is 0 Å². The van der Waals surface area contributed by atoms with E-state index in [1.54, 1.807) is 18.4 Å². The number of allylic oxidation sites excluding steroid dienone is 1. The molecule has 0 amide bonds. The second-order valence-corrected chi connectivity index (χ2v) is 5.86. The van der Waals surface area contributed by atoms with Gasteiger partial charge in [-0.25, -0.2) is 0 Å². The number of amidine groups is 1. The highest BCUT2D eigenvalue weighted by atomic mass is 16.1. The van der Waals surface area contributed by atoms with Crippen LogP contribution in [0.5, 0.6) is 0 Å². The second-order valence-electron chi connectivity index (χ2n) is 5.86. The molecule has 0 spiro atoms. The number of nitrogens with one attached hydrogen (secondary N) is 4. The first-order valence-corrected chi connectivity index (χ1v) is 8.04. The van der Waals surface area contributed by atoms with E-state index in [4.69, 9.17) is 11.1 Å². The van der Waals surface area contributed by atoms with E-state index in [9.17, 15) is 4.79 Å². The molecule has 1 atom stereocenters. The van der Waals surface area contributed by atoms with Crippen LogP contribution in [0, 0.1) is 11.3 Å². The summed E-state index contributed by atoms with van der Waals surface area (Å²) in [5.41, 5.74) is 6.69. The van der Waals surface area contributed by atoms with Crippen molar-refractivity contribution in [2.75, 3.05) is 26.7 Å². The molecule has 6 nitrogen and oxygen atoms in total. The molecule has 2 heterocycles. The van der Waals surface area contributed by atoms with Gasteiger partial charge in [-0.1, -0.05) is 18.7 Å². The summed E-state index contributed by atoms with van der Waals surface area (Å²) in [6.07, 6.45) is 9.50. The average molecular weight is 319 g/mol. The first-order chi connectivity index (χ1) is 11.1. The summed E-state index contributed by atoms with van der Waals surface area (Å²) in [7, 11) is 2.03. The molecule has 1 fully saturated rings. The molecule has 0 aliphatic carbocycles. The number of carbonyl (C=O) groups is 1. The summed E-state index contributed by atoms with van der Waals surface area (Å²) in [6, 6.07) is -0.125. The zero-order chi connectivity index (χ0) is 17.1. The molecule has 0 aromatic heterocycles. The highest BCUT2D eigenvalue weighted by molar-refractivity contribution is 5.96. The van der Waals surface area contributed by atoms with E-state index >= 15 is 0 Å². The Morgan fingerprint density at radius 1 is 1.52 bits per heavy atom. The van der Waals surface area contributed by atoms with Crippen molar-refractivity contribution in [3.8, 4) is 0 Å². The smallest absolute Gasteiger partial charge is 0.142 e. The predicted octanol–water partition coefficient (Wildman–Crippen LogP) is 0.685. The Bertz CT molecular complexity index is 461. The molecule has 0 saturated carbocycles. The van der Waals surface area contributed by atoms with Crippen molar-refractivity contribution in [3.63, 3.8) is 0 Å². The van der Waals surface area contributed by atoms with Crippen molar-refractivity contribution in [2.45, 2.75) is 25.3 Å². The van der Waals surface area contributed by atoms with Crippen LogP contribution in [-0.4, -0.2) is 44.8 Å². The minimum absolute atomic E-state index is 0.0419. The standard InChI is InChI=1S/C10H13N3O.C7H16N2/c1-7(10(11)12)2-3-8-4-9(6-14)13-5-8;1-8-6-7-2-4-9-5-3-7/h2-3,5-6,9,13H,1,4H2,(H3,11,12);7-9H,2-6H2,1H3/b3-2-;. The summed E-state index contributed by atoms with van der Waals surface area (Å²) in [5.74, 6) is 0.885. The van der Waals surface area contributed by atoms with E-state index in [1.807, 2.05) is 7.05 Å². The number of hydrogen-bond donors (Lipinski definition) is 5. The lowest BCUT2D eigenvalue weighted by Crippen LogP contribution is -2.32. The van der Waals surface area contributed by atoms with Crippen LogP contribution in [0.2, 0.25) is 0 Å². The first-order valence-electron chi connectivity index (χ1n) is 8.04. The van der Waals surface area contributed by atoms with Gasteiger partial charge in [0.15, 0.2) is 0 Å². The number of hydrogen-bond acceptors (Lipinski definition) is 5. The maximum Gasteiger partial charge on any atom is 0.142 e. The minimum atomic E-state index is -0.125. The summed E-state index contributed by atoms with van der Waals surface area (Å²) >= 11 is 0. The molecule has 6 heteroatoms. The monoisotopic (exact) mass is 319 g/mol. The Morgan fingerprint density at radius 2 is 2.22 bits per heavy atom. The Hall–Kier alpha value is -1.92. The van der Waals surface area contributed by atoms with E-state index in [0.29, 0.717) is 12.0 Å². The van der Waals surface area contributed by atoms with Gasteiger partial charge in [0.1, 0.15) is 12.1 Å². The molecule has 1 unspecified atom stereocenters. The molecule has 0 radical (unpaired) electrons. The van der Waals surface area contributed by atoms with Crippen LogP contribution in [0.1, 0.15) is 19.3 Å². The number of carbonyl (C=O) groups excluding carboxylic acids is 1. The van der Waals surface area contributed by atoms with E-state index in [1.165, 1.54) is 32.5 Å². The van der Waals surface area contributed by atoms with Crippen molar-refractivity contribution in [1.82, 2.24) is 16.0 Å². The normalized spacial score (nSPS) is 21.1. The third kappa shape index (κ3) is 7.76. The molecule has 2 aliphatic heterocycles. The lowest BCUT2D eigenvalue weighted by atomic mass is 9.98. The van der Waals surface area contributed by atoms with Gasteiger partial charge in [0.05, 0.1) is 6.04 Å². The quantitative estimate of drug-likeness (QED) is 0.214. The van der Waals surface area contributed by atoms with Gasteiger partial charge >= 0.3 is 0 Å². The van der Waals surface area contributed by atoms with Crippen molar-refractivity contribution in [1.29, 1.82) is 5.41 Å². The fourth-order valence-corrected chi connectivity index (χ4v) is 2.46. The van der Waals surface area contributed by atoms with Crippen molar-refractivity contribution < 1.29 is 4.79 Å². The van der Waals surface area contributed by atoms with Gasteiger partial charge in [0.2, 0.25) is 0 Å². The maximum absolute atomic E-state index is 10.4. The van der Waals surface area contributed by atoms with E-state index in [-0.39, 0.29) is 11.9 Å². The second kappa shape index (κ2) is 10.7. The molecule has 1 saturated heterocycles. The van der Waals surface area contributed by atoms with Gasteiger partial charge in [0.25, 0.3) is 0 Å². The Balaban J connectivity index is 0.000000253. The fourth-order valence-electron chi connectivity index (χ4n) is 2.46. The first kappa shape index (κ1) is 19.1. The molecule has 6 N–H and O–H groups in total. The van der Waals surface area contributed by atoms with Crippen LogP contribution in [-0.2, 0) is 4.79 Å². The van der Waals surface area contributed by atoms with Crippen LogP contribution in [0.3, 0.4) is 0 Å². The average Bonchev–Trinajstić information content (AvgIpc) is 3.02. The molecule has 2 aliphatic rings. The topological polar surface area (TPSA) is 103 Å². The van der Waals surface area contributed by atoms with Gasteiger partial charge < -0.3 is 26.5 Å². The Labute approximate surface area is 138 Å². The highest BCUT2D eigenvalue weighted by Crippen LogP contribution is 2.12. The minimum Gasteiger partial charge on any atom is -0.384 e. The fraction of sp³-hybridized carbons (Fsp3) is 0.529. The zero-order valence-corrected chi connectivity index (χ0v) is 13.9. The van der Waals surface area contributed by atoms with Gasteiger partial charge in [-0.05, 0) is 51.0 Å². The molecule has 0 aromatic carbocycles. The number of rotatable bonds is 6. The highest BCUT2D eigenvalue weighted by Gasteiger charge is 2.12. The molecule has 128 valence electrons. The van der Waals surface area contributed by atoms with Crippen LogP contribution in [0.15, 0.2) is 36.1 Å². The van der Waals surface area contributed by atoms with E-state index in [0.717, 1.165) is 17.8 Å². The molecule has 2 rings (SSSR count). The lowest BCUT2D eigenvalue weighted by molar-refractivity contribution is -0.109. The van der Waals surface area contributed by atoms with Gasteiger partial charge in [-0.15, -0.1) is 0 Å². The molecular formula is C17H29N5O. The summed E-state index contributed by atoms with van der Waals surface area (Å²) < 4.78 is 0. The number of piperidine rings is 1. The number of nitrogens with two attached hydrogens (primary N) is 1. The van der Waals surface area contributed by atoms with Crippen molar-refractivity contribution >= 4 is 12.1 Å². The number of aldehydes is 1. The van der Waals surface area contributed by atoms with E-state index in [2.05, 4.69) is 22.5 Å². The Kier molecular flexibility index (Phi) is 8.94. The van der Waals surface area contributed by atoms with Gasteiger partial charge in [0, 0.05) is 18.2 Å². The third-order valence-corrected chi connectivity index (χ3v) is 3.90. The molecule has 23 heavy (non-hydrogen) atoms. The molecule has 0 bridgehead atoms. The summed E-state index contributed by atoms with van der Waals surface area (Å²) in [4.78, 5) is 10.4.